The lowest BCUT2D eigenvalue weighted by Crippen LogP contribution is -2.38. The van der Waals surface area contributed by atoms with Crippen LogP contribution in [0.25, 0.3) is 22.6 Å². The van der Waals surface area contributed by atoms with Crippen molar-refractivity contribution in [3.63, 3.8) is 0 Å². The third-order valence-corrected chi connectivity index (χ3v) is 6.33. The van der Waals surface area contributed by atoms with E-state index in [1.807, 2.05) is 73.7 Å². The van der Waals surface area contributed by atoms with Crippen molar-refractivity contribution < 1.29 is 19.4 Å². The highest BCUT2D eigenvalue weighted by Crippen LogP contribution is 2.29. The molecule has 0 aliphatic rings. The molecule has 0 spiro atoms. The van der Waals surface area contributed by atoms with E-state index >= 15 is 0 Å². The Labute approximate surface area is 235 Å². The lowest BCUT2D eigenvalue weighted by atomic mass is 10.0. The number of tetrazole rings is 1. The molecule has 3 aromatic heterocycles. The number of amides is 1. The molecule has 0 saturated heterocycles. The third kappa shape index (κ3) is 6.79. The topological polar surface area (TPSA) is 172 Å². The largest absolute Gasteiger partial charge is 0.481 e. The molecule has 0 saturated carbocycles. The number of H-pyrrole nitrogens is 2. The van der Waals surface area contributed by atoms with Crippen LogP contribution in [0.3, 0.4) is 0 Å². The van der Waals surface area contributed by atoms with Crippen LogP contribution in [0.15, 0.2) is 72.9 Å². The fraction of sp³-hybridized carbons (Fsp3) is 0.207. The first kappa shape index (κ1) is 27.2. The molecule has 1 amide bonds. The summed E-state index contributed by atoms with van der Waals surface area (Å²) in [6.07, 6.45) is 2.29. The summed E-state index contributed by atoms with van der Waals surface area (Å²) in [7, 11) is 0. The maximum absolute atomic E-state index is 13.1. The van der Waals surface area contributed by atoms with Crippen molar-refractivity contribution >= 4 is 11.9 Å². The summed E-state index contributed by atoms with van der Waals surface area (Å²) in [6, 6.07) is 20.3. The minimum absolute atomic E-state index is 0.0473. The molecule has 5 rings (SSSR count). The van der Waals surface area contributed by atoms with Gasteiger partial charge in [0.1, 0.15) is 0 Å². The second-order valence-electron chi connectivity index (χ2n) is 9.28. The average molecular weight is 553 g/mol. The summed E-state index contributed by atoms with van der Waals surface area (Å²) in [5, 5.41) is 26.3. The Balaban J connectivity index is 1.33. The lowest BCUT2D eigenvalue weighted by Gasteiger charge is -2.16. The number of rotatable bonds is 12. The zero-order valence-electron chi connectivity index (χ0n) is 22.2. The monoisotopic (exact) mass is 552 g/mol. The maximum atomic E-state index is 13.1. The summed E-state index contributed by atoms with van der Waals surface area (Å²) in [4.78, 5) is 36.6. The van der Waals surface area contributed by atoms with Gasteiger partial charge in [-0.1, -0.05) is 60.7 Å². The Morgan fingerprint density at radius 2 is 1.78 bits per heavy atom. The summed E-state index contributed by atoms with van der Waals surface area (Å²) in [5.74, 6) is -0.608. The number of benzene rings is 2. The second kappa shape index (κ2) is 12.6. The van der Waals surface area contributed by atoms with Crippen LogP contribution in [0.5, 0.6) is 5.88 Å². The van der Waals surface area contributed by atoms with Crippen molar-refractivity contribution in [2.45, 2.75) is 32.2 Å². The van der Waals surface area contributed by atoms with Crippen LogP contribution in [0.4, 0.5) is 0 Å². The van der Waals surface area contributed by atoms with Crippen LogP contribution in [0.1, 0.15) is 40.8 Å². The fourth-order valence-electron chi connectivity index (χ4n) is 4.49. The number of aromatic nitrogens is 7. The number of hydrogen-bond acceptors (Lipinski definition) is 8. The number of carbonyl (C=O) groups is 2. The van der Waals surface area contributed by atoms with E-state index in [0.29, 0.717) is 36.8 Å². The number of pyridine rings is 1. The number of carboxylic acids is 1. The van der Waals surface area contributed by atoms with Crippen LogP contribution < -0.4 is 10.1 Å². The molecule has 0 radical (unpaired) electrons. The number of aromatic amines is 2. The van der Waals surface area contributed by atoms with Crippen LogP contribution >= 0.6 is 0 Å². The molecule has 4 N–H and O–H groups in total. The summed E-state index contributed by atoms with van der Waals surface area (Å²) < 4.78 is 5.70. The fourth-order valence-corrected chi connectivity index (χ4v) is 4.49. The Bertz CT molecular complexity index is 1600. The first-order valence-corrected chi connectivity index (χ1v) is 13.1. The van der Waals surface area contributed by atoms with E-state index in [4.69, 9.17) is 4.74 Å². The Morgan fingerprint density at radius 1 is 1.00 bits per heavy atom. The Morgan fingerprint density at radius 3 is 2.46 bits per heavy atom. The van der Waals surface area contributed by atoms with E-state index in [1.165, 1.54) is 0 Å². The predicted octanol–water partition coefficient (Wildman–Crippen LogP) is 3.46. The van der Waals surface area contributed by atoms with E-state index in [-0.39, 0.29) is 12.2 Å². The van der Waals surface area contributed by atoms with E-state index in [2.05, 4.69) is 40.9 Å². The van der Waals surface area contributed by atoms with E-state index in [0.717, 1.165) is 27.9 Å². The van der Waals surface area contributed by atoms with Gasteiger partial charge in [0.15, 0.2) is 11.6 Å². The normalized spacial score (nSPS) is 11.6. The van der Waals surface area contributed by atoms with Gasteiger partial charge >= 0.3 is 5.97 Å². The number of imidazole rings is 1. The molecule has 0 fully saturated rings. The van der Waals surface area contributed by atoms with Gasteiger partial charge in [-0.05, 0) is 41.0 Å². The van der Waals surface area contributed by atoms with Crippen molar-refractivity contribution in [2.75, 3.05) is 6.61 Å². The molecule has 2 aromatic carbocycles. The van der Waals surface area contributed by atoms with Crippen molar-refractivity contribution in [1.82, 2.24) is 40.9 Å². The third-order valence-electron chi connectivity index (χ3n) is 6.33. The van der Waals surface area contributed by atoms with E-state index in [1.54, 1.807) is 6.20 Å². The summed E-state index contributed by atoms with van der Waals surface area (Å²) >= 11 is 0. The minimum atomic E-state index is -1.00. The van der Waals surface area contributed by atoms with Gasteiger partial charge < -0.3 is 20.1 Å². The summed E-state index contributed by atoms with van der Waals surface area (Å²) in [6.45, 7) is 2.19. The van der Waals surface area contributed by atoms with Gasteiger partial charge in [-0.15, -0.1) is 5.10 Å². The second-order valence-corrected chi connectivity index (χ2v) is 9.28. The quantitative estimate of drug-likeness (QED) is 0.181. The molecule has 3 heterocycles. The number of carbonyl (C=O) groups excluding carboxylic acids is 1. The zero-order chi connectivity index (χ0) is 28.6. The Kier molecular flexibility index (Phi) is 8.38. The van der Waals surface area contributed by atoms with Gasteiger partial charge in [-0.3, -0.25) is 14.6 Å². The van der Waals surface area contributed by atoms with Crippen molar-refractivity contribution in [3.05, 3.63) is 95.6 Å². The standard InChI is InChI=1S/C29H28N8O4/c1-2-41-29-24(32-27(33-29)28(40)31-20(16-25(38)39)14-18-8-4-3-5-9-18)15-19-12-13-23(30-17-19)21-10-6-7-11-22(21)26-34-36-37-35-26/h3-13,17,20H,2,14-16H2,1H3,(H,31,40)(H,32,33)(H,38,39)(H,34,35,36,37). The highest BCUT2D eigenvalue weighted by molar-refractivity contribution is 5.91. The smallest absolute Gasteiger partial charge is 0.305 e. The van der Waals surface area contributed by atoms with E-state index in [9.17, 15) is 14.7 Å². The number of aliphatic carboxylic acids is 1. The molecule has 1 atom stereocenters. The van der Waals surface area contributed by atoms with Crippen molar-refractivity contribution in [1.29, 1.82) is 0 Å². The molecular formula is C29H28N8O4. The van der Waals surface area contributed by atoms with Crippen LogP contribution in [-0.4, -0.2) is 65.2 Å². The Hall–Kier alpha value is -5.39. The van der Waals surface area contributed by atoms with Crippen LogP contribution in [-0.2, 0) is 17.6 Å². The molecule has 0 bridgehead atoms. The first-order valence-electron chi connectivity index (χ1n) is 13.1. The molecular weight excluding hydrogens is 524 g/mol. The summed E-state index contributed by atoms with van der Waals surface area (Å²) in [5.41, 5.74) is 4.85. The maximum Gasteiger partial charge on any atom is 0.305 e. The molecule has 1 unspecified atom stereocenters. The molecule has 208 valence electrons. The molecule has 12 heteroatoms. The van der Waals surface area contributed by atoms with Crippen molar-refractivity contribution in [3.8, 4) is 28.5 Å². The van der Waals surface area contributed by atoms with Gasteiger partial charge in [0.25, 0.3) is 5.91 Å². The van der Waals surface area contributed by atoms with Gasteiger partial charge in [-0.2, -0.15) is 4.98 Å². The first-order chi connectivity index (χ1) is 20.0. The number of nitrogens with zero attached hydrogens (tertiary/aromatic N) is 5. The van der Waals surface area contributed by atoms with Gasteiger partial charge in [0.2, 0.25) is 5.88 Å². The van der Waals surface area contributed by atoms with Gasteiger partial charge in [0, 0.05) is 29.8 Å². The SMILES string of the molecule is CCOc1nc(C(=O)NC(CC(=O)O)Cc2ccccc2)[nH]c1Cc1ccc(-c2ccccc2-c2nnn[nH]2)nc1. The number of ether oxygens (including phenoxy) is 1. The molecule has 0 aliphatic carbocycles. The molecule has 12 nitrogen and oxygen atoms in total. The lowest BCUT2D eigenvalue weighted by molar-refractivity contribution is -0.137. The predicted molar refractivity (Wildman–Crippen MR) is 149 cm³/mol. The number of nitrogens with one attached hydrogen (secondary N) is 3. The zero-order valence-corrected chi connectivity index (χ0v) is 22.2. The minimum Gasteiger partial charge on any atom is -0.481 e. The molecule has 41 heavy (non-hydrogen) atoms. The molecule has 0 aliphatic heterocycles. The average Bonchev–Trinajstić information content (AvgIpc) is 3.65. The highest BCUT2D eigenvalue weighted by Gasteiger charge is 2.22. The van der Waals surface area contributed by atoms with Gasteiger partial charge in [0.05, 0.1) is 24.4 Å². The highest BCUT2D eigenvalue weighted by atomic mass is 16.5. The molecule has 5 aromatic rings. The van der Waals surface area contributed by atoms with Crippen molar-refractivity contribution in [2.24, 2.45) is 0 Å². The van der Waals surface area contributed by atoms with Gasteiger partial charge in [-0.25, -0.2) is 5.10 Å². The number of carboxylic acid groups (broad SMARTS) is 1. The van der Waals surface area contributed by atoms with Crippen LogP contribution in [0, 0.1) is 0 Å². The number of hydrogen-bond donors (Lipinski definition) is 4. The van der Waals surface area contributed by atoms with Crippen LogP contribution in [0.2, 0.25) is 0 Å². The van der Waals surface area contributed by atoms with E-state index < -0.39 is 17.9 Å².